The first-order chi connectivity index (χ1) is 9.02. The van der Waals surface area contributed by atoms with E-state index in [1.165, 1.54) is 12.1 Å². The van der Waals surface area contributed by atoms with Crippen LogP contribution < -0.4 is 5.73 Å². The third-order valence-corrected chi connectivity index (χ3v) is 5.16. The molecule has 19 heavy (non-hydrogen) atoms. The van der Waals surface area contributed by atoms with Crippen LogP contribution in [0.1, 0.15) is 25.5 Å². The maximum Gasteiger partial charge on any atom is 0.126 e. The highest BCUT2D eigenvalue weighted by molar-refractivity contribution is 8.00. The number of halogens is 2. The third kappa shape index (κ3) is 3.27. The first kappa shape index (κ1) is 14.8. The van der Waals surface area contributed by atoms with Gasteiger partial charge < -0.3 is 5.73 Å². The number of thioether (sulfide) groups is 1. The number of benzene rings is 1. The summed E-state index contributed by atoms with van der Waals surface area (Å²) in [5.41, 5.74) is 6.48. The average molecular weight is 286 g/mol. The van der Waals surface area contributed by atoms with Gasteiger partial charge in [0.2, 0.25) is 0 Å². The van der Waals surface area contributed by atoms with Crippen LogP contribution in [0.2, 0.25) is 0 Å². The molecule has 1 aromatic carbocycles. The summed E-state index contributed by atoms with van der Waals surface area (Å²) in [4.78, 5) is 2.26. The Kier molecular flexibility index (Phi) is 4.81. The fourth-order valence-corrected chi connectivity index (χ4v) is 3.75. The highest BCUT2D eigenvalue weighted by Crippen LogP contribution is 2.31. The Balaban J connectivity index is 2.28. The first-order valence-corrected chi connectivity index (χ1v) is 7.61. The van der Waals surface area contributed by atoms with Crippen molar-refractivity contribution in [2.75, 3.05) is 18.8 Å². The lowest BCUT2D eigenvalue weighted by atomic mass is 10.0. The number of nitrogens with two attached hydrogens (primary N) is 1. The van der Waals surface area contributed by atoms with Crippen LogP contribution in [0.15, 0.2) is 18.2 Å². The van der Waals surface area contributed by atoms with Crippen LogP contribution >= 0.6 is 11.8 Å². The van der Waals surface area contributed by atoms with Crippen LogP contribution in [0.4, 0.5) is 8.78 Å². The van der Waals surface area contributed by atoms with E-state index in [2.05, 4.69) is 18.7 Å². The smallest absolute Gasteiger partial charge is 0.126 e. The van der Waals surface area contributed by atoms with Gasteiger partial charge in [-0.2, -0.15) is 11.8 Å². The van der Waals surface area contributed by atoms with Gasteiger partial charge in [-0.25, -0.2) is 8.78 Å². The summed E-state index contributed by atoms with van der Waals surface area (Å²) in [6, 6.07) is 3.90. The predicted octanol–water partition coefficient (Wildman–Crippen LogP) is 2.79. The van der Waals surface area contributed by atoms with Gasteiger partial charge >= 0.3 is 0 Å². The molecule has 1 fully saturated rings. The van der Waals surface area contributed by atoms with Crippen molar-refractivity contribution < 1.29 is 8.78 Å². The molecule has 0 spiro atoms. The Morgan fingerprint density at radius 2 is 1.95 bits per heavy atom. The topological polar surface area (TPSA) is 29.3 Å². The van der Waals surface area contributed by atoms with E-state index in [1.54, 1.807) is 0 Å². The van der Waals surface area contributed by atoms with Crippen LogP contribution in [-0.4, -0.2) is 35.0 Å². The van der Waals surface area contributed by atoms with Crippen molar-refractivity contribution in [2.24, 2.45) is 5.73 Å². The molecule has 1 aliphatic heterocycles. The summed E-state index contributed by atoms with van der Waals surface area (Å²) >= 11 is 1.93. The summed E-state index contributed by atoms with van der Waals surface area (Å²) in [5.74, 6) is -0.0548. The molecule has 1 saturated heterocycles. The first-order valence-electron chi connectivity index (χ1n) is 6.56. The van der Waals surface area contributed by atoms with Gasteiger partial charge in [-0.1, -0.05) is 6.92 Å². The summed E-state index contributed by atoms with van der Waals surface area (Å²) < 4.78 is 26.7. The Morgan fingerprint density at radius 3 is 2.53 bits per heavy atom. The molecule has 3 unspecified atom stereocenters. The second kappa shape index (κ2) is 6.20. The standard InChI is InChI=1S/C14H20F2N2S/c1-9-10(2)19-4-3-18(9)14(8-17)11-5-12(15)7-13(16)6-11/h5-7,9-10,14H,3-4,8,17H2,1-2H3. The van der Waals surface area contributed by atoms with Crippen molar-refractivity contribution in [1.82, 2.24) is 4.90 Å². The zero-order valence-corrected chi connectivity index (χ0v) is 12.1. The molecule has 2 rings (SSSR count). The monoisotopic (exact) mass is 286 g/mol. The second-order valence-electron chi connectivity index (χ2n) is 5.01. The van der Waals surface area contributed by atoms with Gasteiger partial charge in [0.05, 0.1) is 0 Å². The Hall–Kier alpha value is -0.650. The van der Waals surface area contributed by atoms with Crippen molar-refractivity contribution in [3.63, 3.8) is 0 Å². The largest absolute Gasteiger partial charge is 0.329 e. The van der Waals surface area contributed by atoms with Gasteiger partial charge in [-0.3, -0.25) is 4.90 Å². The minimum absolute atomic E-state index is 0.122. The molecule has 3 atom stereocenters. The summed E-state index contributed by atoms with van der Waals surface area (Å²) in [7, 11) is 0. The third-order valence-electron chi connectivity index (χ3n) is 3.83. The molecule has 0 amide bonds. The molecule has 0 saturated carbocycles. The molecular formula is C14H20F2N2S. The van der Waals surface area contributed by atoms with Crippen LogP contribution in [0.3, 0.4) is 0 Å². The normalized spacial score (nSPS) is 26.4. The lowest BCUT2D eigenvalue weighted by molar-refractivity contribution is 0.150. The SMILES string of the molecule is CC1SCCN(C(CN)c2cc(F)cc(F)c2)C1C. The van der Waals surface area contributed by atoms with Gasteiger partial charge in [0.1, 0.15) is 11.6 Å². The Morgan fingerprint density at radius 1 is 1.32 bits per heavy atom. The number of nitrogens with zero attached hydrogens (tertiary/aromatic N) is 1. The van der Waals surface area contributed by atoms with Gasteiger partial charge in [0.25, 0.3) is 0 Å². The van der Waals surface area contributed by atoms with Crippen LogP contribution in [-0.2, 0) is 0 Å². The molecule has 1 aliphatic rings. The maximum absolute atomic E-state index is 13.4. The summed E-state index contributed by atoms with van der Waals surface area (Å²) in [6.07, 6.45) is 0. The lowest BCUT2D eigenvalue weighted by Gasteiger charge is -2.42. The summed E-state index contributed by atoms with van der Waals surface area (Å²) in [5, 5.41) is 0.501. The van der Waals surface area contributed by atoms with Crippen molar-refractivity contribution in [2.45, 2.75) is 31.2 Å². The number of hydrogen-bond donors (Lipinski definition) is 1. The molecule has 2 nitrogen and oxygen atoms in total. The van der Waals surface area contributed by atoms with Crippen molar-refractivity contribution in [3.8, 4) is 0 Å². The van der Waals surface area contributed by atoms with E-state index in [9.17, 15) is 8.78 Å². The minimum atomic E-state index is -0.541. The van der Waals surface area contributed by atoms with Gasteiger partial charge in [-0.15, -0.1) is 0 Å². The molecular weight excluding hydrogens is 266 g/mol. The Labute approximate surface area is 117 Å². The number of hydrogen-bond acceptors (Lipinski definition) is 3. The maximum atomic E-state index is 13.4. The van der Waals surface area contributed by atoms with E-state index >= 15 is 0 Å². The quantitative estimate of drug-likeness (QED) is 0.926. The molecule has 0 radical (unpaired) electrons. The molecule has 0 bridgehead atoms. The molecule has 0 aromatic heterocycles. The van der Waals surface area contributed by atoms with E-state index in [-0.39, 0.29) is 6.04 Å². The predicted molar refractivity (Wildman–Crippen MR) is 76.2 cm³/mol. The van der Waals surface area contributed by atoms with Crippen LogP contribution in [0, 0.1) is 11.6 Å². The fraction of sp³-hybridized carbons (Fsp3) is 0.571. The molecule has 5 heteroatoms. The molecule has 0 aliphatic carbocycles. The highest BCUT2D eigenvalue weighted by Gasteiger charge is 2.31. The van der Waals surface area contributed by atoms with Gasteiger partial charge in [-0.05, 0) is 24.6 Å². The van der Waals surface area contributed by atoms with Crippen LogP contribution in [0.25, 0.3) is 0 Å². The van der Waals surface area contributed by atoms with Crippen molar-refractivity contribution in [3.05, 3.63) is 35.4 Å². The second-order valence-corrected chi connectivity index (χ2v) is 6.49. The lowest BCUT2D eigenvalue weighted by Crippen LogP contribution is -2.48. The highest BCUT2D eigenvalue weighted by atomic mass is 32.2. The molecule has 2 N–H and O–H groups in total. The van der Waals surface area contributed by atoms with E-state index in [4.69, 9.17) is 5.73 Å². The number of rotatable bonds is 3. The Bertz CT molecular complexity index is 421. The molecule has 1 aromatic rings. The fourth-order valence-electron chi connectivity index (χ4n) is 2.63. The van der Waals surface area contributed by atoms with Crippen molar-refractivity contribution in [1.29, 1.82) is 0 Å². The van der Waals surface area contributed by atoms with E-state index in [0.29, 0.717) is 23.4 Å². The van der Waals surface area contributed by atoms with Crippen LogP contribution in [0.5, 0.6) is 0 Å². The minimum Gasteiger partial charge on any atom is -0.329 e. The van der Waals surface area contributed by atoms with E-state index in [1.807, 2.05) is 11.8 Å². The zero-order valence-electron chi connectivity index (χ0n) is 11.3. The van der Waals surface area contributed by atoms with Gasteiger partial charge in [0.15, 0.2) is 0 Å². The molecule has 106 valence electrons. The van der Waals surface area contributed by atoms with Gasteiger partial charge in [0, 0.05) is 42.2 Å². The zero-order chi connectivity index (χ0) is 14.0. The van der Waals surface area contributed by atoms with E-state index < -0.39 is 11.6 Å². The van der Waals surface area contributed by atoms with Crippen molar-refractivity contribution >= 4 is 11.8 Å². The summed E-state index contributed by atoms with van der Waals surface area (Å²) in [6.45, 7) is 5.59. The van der Waals surface area contributed by atoms with E-state index in [0.717, 1.165) is 18.4 Å². The molecule has 1 heterocycles. The average Bonchev–Trinajstić information content (AvgIpc) is 2.34.